The van der Waals surface area contributed by atoms with Crippen LogP contribution < -0.4 is 5.32 Å². The van der Waals surface area contributed by atoms with Crippen LogP contribution in [-0.4, -0.2) is 16.0 Å². The van der Waals surface area contributed by atoms with Crippen LogP contribution in [0.15, 0.2) is 57.1 Å². The Bertz CT molecular complexity index is 1010. The molecule has 1 aromatic carbocycles. The minimum absolute atomic E-state index is 0.168. The summed E-state index contributed by atoms with van der Waals surface area (Å²) in [5, 5.41) is 13.1. The van der Waals surface area contributed by atoms with Gasteiger partial charge < -0.3 is 9.84 Å². The number of aromatic nitrogens is 2. The normalized spacial score (nSPS) is 10.8. The van der Waals surface area contributed by atoms with Crippen molar-refractivity contribution < 1.29 is 9.32 Å². The van der Waals surface area contributed by atoms with E-state index in [0.29, 0.717) is 28.0 Å². The molecule has 4 rings (SSSR count). The summed E-state index contributed by atoms with van der Waals surface area (Å²) in [7, 11) is 0. The molecule has 0 spiro atoms. The third-order valence-corrected chi connectivity index (χ3v) is 5.26. The molecule has 1 N–H and O–H groups in total. The van der Waals surface area contributed by atoms with Crippen LogP contribution in [0, 0.1) is 0 Å². The van der Waals surface area contributed by atoms with Crippen molar-refractivity contribution in [1.82, 2.24) is 10.1 Å². The number of hydrogen-bond donors (Lipinski definition) is 1. The van der Waals surface area contributed by atoms with E-state index in [1.54, 1.807) is 23.6 Å². The van der Waals surface area contributed by atoms with Gasteiger partial charge in [-0.05, 0) is 47.2 Å². The second kappa shape index (κ2) is 6.79. The second-order valence-electron chi connectivity index (χ2n) is 5.06. The van der Waals surface area contributed by atoms with E-state index in [2.05, 4.69) is 15.5 Å². The number of halogens is 1. The highest BCUT2D eigenvalue weighted by Crippen LogP contribution is 2.34. The maximum Gasteiger partial charge on any atom is 0.270 e. The van der Waals surface area contributed by atoms with Crippen LogP contribution in [0.1, 0.15) is 10.4 Å². The number of hydrogen-bond acceptors (Lipinski definition) is 6. The van der Waals surface area contributed by atoms with Gasteiger partial charge in [0.2, 0.25) is 5.82 Å². The molecule has 1 amide bonds. The van der Waals surface area contributed by atoms with Crippen molar-refractivity contribution in [3.8, 4) is 22.2 Å². The monoisotopic (exact) mass is 387 g/mol. The second-order valence-corrected chi connectivity index (χ2v) is 7.19. The van der Waals surface area contributed by atoms with Crippen molar-refractivity contribution in [2.24, 2.45) is 0 Å². The first-order valence-corrected chi connectivity index (χ1v) is 9.42. The molecule has 0 saturated heterocycles. The van der Waals surface area contributed by atoms with E-state index in [1.807, 2.05) is 29.0 Å². The summed E-state index contributed by atoms with van der Waals surface area (Å²) in [6.45, 7) is 0. The third kappa shape index (κ3) is 3.34. The lowest BCUT2D eigenvalue weighted by Gasteiger charge is -2.02. The Morgan fingerprint density at radius 1 is 1.12 bits per heavy atom. The molecule has 5 nitrogen and oxygen atoms in total. The first kappa shape index (κ1) is 16.0. The van der Waals surface area contributed by atoms with Gasteiger partial charge in [-0.25, -0.2) is 0 Å². The maximum atomic E-state index is 12.2. The summed E-state index contributed by atoms with van der Waals surface area (Å²) in [4.78, 5) is 17.4. The van der Waals surface area contributed by atoms with Crippen molar-refractivity contribution in [1.29, 1.82) is 0 Å². The molecule has 3 heterocycles. The Labute approximate surface area is 155 Å². The molecular weight excluding hydrogens is 378 g/mol. The maximum absolute atomic E-state index is 12.2. The smallest absolute Gasteiger partial charge is 0.270 e. The summed E-state index contributed by atoms with van der Waals surface area (Å²) < 4.78 is 5.37. The predicted molar refractivity (Wildman–Crippen MR) is 100 cm³/mol. The molecule has 8 heteroatoms. The summed E-state index contributed by atoms with van der Waals surface area (Å²) in [5.74, 6) is 0.661. The fourth-order valence-corrected chi connectivity index (χ4v) is 3.73. The lowest BCUT2D eigenvalue weighted by molar-refractivity contribution is 0.102. The molecule has 0 aliphatic carbocycles. The molecule has 0 bridgehead atoms. The molecule has 0 atom stereocenters. The van der Waals surface area contributed by atoms with Gasteiger partial charge in [0.25, 0.3) is 11.8 Å². The number of thiophene rings is 2. The predicted octanol–water partition coefficient (Wildman–Crippen LogP) is 5.43. The van der Waals surface area contributed by atoms with E-state index >= 15 is 0 Å². The standard InChI is InChI=1S/C17H10ClN3O2S2/c18-12-3-1-10(2-4-12)15-20-17(23-21-15)14-13(6-8-25-14)19-16(22)11-5-7-24-9-11/h1-9H,(H,19,22). The van der Waals surface area contributed by atoms with Crippen LogP contribution in [0.4, 0.5) is 5.69 Å². The minimum atomic E-state index is -0.168. The van der Waals surface area contributed by atoms with Gasteiger partial charge in [0, 0.05) is 16.0 Å². The Morgan fingerprint density at radius 3 is 2.72 bits per heavy atom. The van der Waals surface area contributed by atoms with Gasteiger partial charge in [-0.3, -0.25) is 4.79 Å². The lowest BCUT2D eigenvalue weighted by atomic mass is 10.2. The van der Waals surface area contributed by atoms with E-state index in [0.717, 1.165) is 10.4 Å². The Balaban J connectivity index is 1.60. The molecular formula is C17H10ClN3O2S2. The molecule has 124 valence electrons. The summed E-state index contributed by atoms with van der Waals surface area (Å²) in [6.07, 6.45) is 0. The van der Waals surface area contributed by atoms with Crippen LogP contribution in [0.2, 0.25) is 5.02 Å². The van der Waals surface area contributed by atoms with Crippen molar-refractivity contribution >= 4 is 45.9 Å². The summed E-state index contributed by atoms with van der Waals surface area (Å²) in [5.41, 5.74) is 2.07. The zero-order valence-corrected chi connectivity index (χ0v) is 15.0. The van der Waals surface area contributed by atoms with Gasteiger partial charge in [-0.15, -0.1) is 11.3 Å². The molecule has 0 saturated carbocycles. The van der Waals surface area contributed by atoms with Crippen molar-refractivity contribution in [3.05, 3.63) is 63.1 Å². The molecule has 0 fully saturated rings. The molecule has 0 unspecified atom stereocenters. The molecule has 25 heavy (non-hydrogen) atoms. The summed E-state index contributed by atoms with van der Waals surface area (Å²) >= 11 is 8.79. The van der Waals surface area contributed by atoms with Crippen LogP contribution in [0.5, 0.6) is 0 Å². The summed E-state index contributed by atoms with van der Waals surface area (Å²) in [6, 6.07) is 10.8. The van der Waals surface area contributed by atoms with Gasteiger partial charge in [-0.2, -0.15) is 16.3 Å². The zero-order valence-electron chi connectivity index (χ0n) is 12.6. The molecule has 3 aromatic heterocycles. The Kier molecular flexibility index (Phi) is 4.35. The fraction of sp³-hybridized carbons (Fsp3) is 0. The van der Waals surface area contributed by atoms with E-state index in [-0.39, 0.29) is 5.91 Å². The number of carbonyl (C=O) groups is 1. The van der Waals surface area contributed by atoms with E-state index in [1.165, 1.54) is 22.7 Å². The van der Waals surface area contributed by atoms with Crippen LogP contribution >= 0.6 is 34.3 Å². The number of nitrogens with one attached hydrogen (secondary N) is 1. The largest absolute Gasteiger partial charge is 0.333 e. The highest BCUT2D eigenvalue weighted by molar-refractivity contribution is 7.14. The zero-order chi connectivity index (χ0) is 17.2. The van der Waals surface area contributed by atoms with Crippen molar-refractivity contribution in [3.63, 3.8) is 0 Å². The van der Waals surface area contributed by atoms with E-state index in [4.69, 9.17) is 16.1 Å². The van der Waals surface area contributed by atoms with Crippen LogP contribution in [0.25, 0.3) is 22.2 Å². The number of benzene rings is 1. The van der Waals surface area contributed by atoms with Gasteiger partial charge in [0.15, 0.2) is 0 Å². The van der Waals surface area contributed by atoms with Gasteiger partial charge in [0.1, 0.15) is 4.88 Å². The van der Waals surface area contributed by atoms with Crippen molar-refractivity contribution in [2.75, 3.05) is 5.32 Å². The molecule has 0 aliphatic rings. The molecule has 0 radical (unpaired) electrons. The number of anilines is 1. The highest BCUT2D eigenvalue weighted by atomic mass is 35.5. The van der Waals surface area contributed by atoms with Crippen LogP contribution in [0.3, 0.4) is 0 Å². The SMILES string of the molecule is O=C(Nc1ccsc1-c1nc(-c2ccc(Cl)cc2)no1)c1ccsc1. The topological polar surface area (TPSA) is 68.0 Å². The minimum Gasteiger partial charge on any atom is -0.333 e. The first-order chi connectivity index (χ1) is 12.2. The Hall–Kier alpha value is -2.48. The number of amides is 1. The number of rotatable bonds is 4. The number of nitrogens with zero attached hydrogens (tertiary/aromatic N) is 2. The average molecular weight is 388 g/mol. The molecule has 4 aromatic rings. The average Bonchev–Trinajstić information content (AvgIpc) is 3.36. The van der Waals surface area contributed by atoms with Gasteiger partial charge in [-0.1, -0.05) is 16.8 Å². The quantitative estimate of drug-likeness (QED) is 0.506. The highest BCUT2D eigenvalue weighted by Gasteiger charge is 2.17. The number of carbonyl (C=O) groups excluding carboxylic acids is 1. The van der Waals surface area contributed by atoms with E-state index < -0.39 is 0 Å². The first-order valence-electron chi connectivity index (χ1n) is 7.22. The van der Waals surface area contributed by atoms with Crippen LogP contribution in [-0.2, 0) is 0 Å². The third-order valence-electron chi connectivity index (χ3n) is 3.42. The lowest BCUT2D eigenvalue weighted by Crippen LogP contribution is -2.10. The molecule has 0 aliphatic heterocycles. The fourth-order valence-electron chi connectivity index (χ4n) is 2.19. The van der Waals surface area contributed by atoms with Crippen molar-refractivity contribution in [2.45, 2.75) is 0 Å². The van der Waals surface area contributed by atoms with Gasteiger partial charge >= 0.3 is 0 Å². The van der Waals surface area contributed by atoms with Gasteiger partial charge in [0.05, 0.1) is 11.3 Å². The van der Waals surface area contributed by atoms with E-state index in [9.17, 15) is 4.79 Å². The Morgan fingerprint density at radius 2 is 1.96 bits per heavy atom.